The van der Waals surface area contributed by atoms with Crippen LogP contribution in [0.15, 0.2) is 32.7 Å². The first-order valence-electron chi connectivity index (χ1n) is 7.13. The van der Waals surface area contributed by atoms with Crippen LogP contribution in [0.25, 0.3) is 11.0 Å². The third-order valence-corrected chi connectivity index (χ3v) is 4.20. The van der Waals surface area contributed by atoms with Gasteiger partial charge in [-0.25, -0.2) is 5.43 Å². The summed E-state index contributed by atoms with van der Waals surface area (Å²) in [5.74, 6) is -0.171. The van der Waals surface area contributed by atoms with Crippen molar-refractivity contribution < 1.29 is 14.5 Å². The minimum atomic E-state index is -0.318. The first kappa shape index (κ1) is 16.0. The molecule has 1 amide bonds. The maximum atomic E-state index is 12.4. The number of carbonyl (C=O) groups is 1. The molecule has 0 radical (unpaired) electrons. The number of fused-ring (bicyclic) bond motifs is 1. The number of rotatable bonds is 3. The smallest absolute Gasteiger partial charge is 0.298 e. The van der Waals surface area contributed by atoms with Gasteiger partial charge in [-0.05, 0) is 12.1 Å². The largest absolute Gasteiger partial charge is 0.462 e. The highest BCUT2D eigenvalue weighted by molar-refractivity contribution is 6.38. The number of carbonyl (C=O) groups excluding carboxylic acids is 1. The Kier molecular flexibility index (Phi) is 4.66. The lowest BCUT2D eigenvalue weighted by Gasteiger charge is -2.04. The summed E-state index contributed by atoms with van der Waals surface area (Å²) >= 11 is 11.9. The van der Waals surface area contributed by atoms with Gasteiger partial charge >= 0.3 is 0 Å². The van der Waals surface area contributed by atoms with Crippen molar-refractivity contribution in [3.8, 4) is 0 Å². The highest BCUT2D eigenvalue weighted by atomic mass is 35.5. The summed E-state index contributed by atoms with van der Waals surface area (Å²) in [5, 5.41) is 6.67. The number of hydrazone groups is 1. The molecule has 3 rings (SSSR count). The Bertz CT molecular complexity index is 842. The van der Waals surface area contributed by atoms with Crippen LogP contribution < -0.4 is 16.2 Å². The molecule has 0 unspecified atom stereocenters. The van der Waals surface area contributed by atoms with Crippen molar-refractivity contribution in [1.29, 1.82) is 0 Å². The van der Waals surface area contributed by atoms with E-state index in [1.807, 2.05) is 5.32 Å². The molecule has 120 valence electrons. The number of hydrogen-bond donors (Lipinski definition) is 2. The average Bonchev–Trinajstić information content (AvgIpc) is 3.04. The molecule has 2 aromatic rings. The highest BCUT2D eigenvalue weighted by Crippen LogP contribution is 2.26. The first-order valence-corrected chi connectivity index (χ1v) is 7.88. The van der Waals surface area contributed by atoms with Crippen LogP contribution in [0.5, 0.6) is 0 Å². The standard InChI is InChI=1S/C15H13Cl2N3O3/c16-9-4-10-13(21)8(7-23-14(10)11(17)5-9)6-19-20-15(22)12-2-1-3-18-12/h4-7,12,18H,1-3H2,(H,20,22)/p+1/b19-6-/t12-/m0/s1. The van der Waals surface area contributed by atoms with Crippen molar-refractivity contribution in [3.63, 3.8) is 0 Å². The van der Waals surface area contributed by atoms with E-state index in [2.05, 4.69) is 10.5 Å². The zero-order valence-corrected chi connectivity index (χ0v) is 13.5. The van der Waals surface area contributed by atoms with E-state index in [1.165, 1.54) is 24.6 Å². The van der Waals surface area contributed by atoms with Gasteiger partial charge in [-0.15, -0.1) is 0 Å². The van der Waals surface area contributed by atoms with Gasteiger partial charge < -0.3 is 9.73 Å². The zero-order chi connectivity index (χ0) is 16.4. The van der Waals surface area contributed by atoms with E-state index in [4.69, 9.17) is 27.6 Å². The van der Waals surface area contributed by atoms with Crippen LogP contribution in [-0.4, -0.2) is 24.7 Å². The summed E-state index contributed by atoms with van der Waals surface area (Å²) < 4.78 is 5.37. The molecule has 1 fully saturated rings. The predicted molar refractivity (Wildman–Crippen MR) is 88.1 cm³/mol. The Morgan fingerprint density at radius 1 is 1.43 bits per heavy atom. The summed E-state index contributed by atoms with van der Waals surface area (Å²) in [7, 11) is 0. The van der Waals surface area contributed by atoms with E-state index in [1.54, 1.807) is 0 Å². The minimum absolute atomic E-state index is 0.113. The number of nitrogens with two attached hydrogens (primary N) is 1. The van der Waals surface area contributed by atoms with Gasteiger partial charge in [0.05, 0.1) is 28.7 Å². The Labute approximate surface area is 141 Å². The van der Waals surface area contributed by atoms with Crippen molar-refractivity contribution in [2.75, 3.05) is 6.54 Å². The number of hydrogen-bond acceptors (Lipinski definition) is 4. The Morgan fingerprint density at radius 3 is 3.00 bits per heavy atom. The predicted octanol–water partition coefficient (Wildman–Crippen LogP) is 1.28. The summed E-state index contributed by atoms with van der Waals surface area (Å²) in [4.78, 5) is 24.2. The second-order valence-corrected chi connectivity index (χ2v) is 6.14. The Balaban J connectivity index is 1.83. The van der Waals surface area contributed by atoms with Crippen LogP contribution in [0, 0.1) is 0 Å². The van der Waals surface area contributed by atoms with Gasteiger partial charge in [0.15, 0.2) is 11.6 Å². The average molecular weight is 355 g/mol. The van der Waals surface area contributed by atoms with E-state index in [0.29, 0.717) is 5.02 Å². The second-order valence-electron chi connectivity index (χ2n) is 5.29. The molecule has 6 nitrogen and oxygen atoms in total. The van der Waals surface area contributed by atoms with Crippen LogP contribution >= 0.6 is 23.2 Å². The quantitative estimate of drug-likeness (QED) is 0.642. The number of halogens is 2. The fourth-order valence-electron chi connectivity index (χ4n) is 2.53. The molecule has 1 aromatic heterocycles. The number of nitrogens with one attached hydrogen (secondary N) is 1. The summed E-state index contributed by atoms with van der Waals surface area (Å²) in [6.07, 6.45) is 4.35. The molecular formula is C15H14Cl2N3O3+. The van der Waals surface area contributed by atoms with E-state index in [0.717, 1.165) is 19.4 Å². The van der Waals surface area contributed by atoms with Crippen LogP contribution in [0.3, 0.4) is 0 Å². The van der Waals surface area contributed by atoms with Crippen LogP contribution in [0.2, 0.25) is 10.0 Å². The fourth-order valence-corrected chi connectivity index (χ4v) is 3.07. The SMILES string of the molecule is O=C(N/N=C\c1coc2c(Cl)cc(Cl)cc2c1=O)[C@@H]1CCC[NH2+]1. The van der Waals surface area contributed by atoms with Gasteiger partial charge in [-0.3, -0.25) is 9.59 Å². The maximum absolute atomic E-state index is 12.4. The molecule has 23 heavy (non-hydrogen) atoms. The lowest BCUT2D eigenvalue weighted by molar-refractivity contribution is -0.657. The van der Waals surface area contributed by atoms with E-state index in [-0.39, 0.29) is 38.9 Å². The van der Waals surface area contributed by atoms with Crippen molar-refractivity contribution >= 4 is 46.3 Å². The first-order chi connectivity index (χ1) is 11.1. The molecule has 1 atom stereocenters. The molecule has 3 N–H and O–H groups in total. The lowest BCUT2D eigenvalue weighted by atomic mass is 10.2. The molecule has 8 heteroatoms. The third-order valence-electron chi connectivity index (χ3n) is 3.70. The molecule has 1 aliphatic heterocycles. The van der Waals surface area contributed by atoms with Crippen molar-refractivity contribution in [2.24, 2.45) is 5.10 Å². The molecule has 0 saturated carbocycles. The summed E-state index contributed by atoms with van der Waals surface area (Å²) in [5.41, 5.74) is 2.59. The zero-order valence-electron chi connectivity index (χ0n) is 12.0. The van der Waals surface area contributed by atoms with Crippen molar-refractivity contribution in [1.82, 2.24) is 5.43 Å². The van der Waals surface area contributed by atoms with Gasteiger partial charge in [-0.2, -0.15) is 5.10 Å². The fraction of sp³-hybridized carbons (Fsp3) is 0.267. The molecule has 0 aliphatic carbocycles. The van der Waals surface area contributed by atoms with Gasteiger partial charge in [0.1, 0.15) is 6.26 Å². The van der Waals surface area contributed by atoms with Crippen LogP contribution in [0.4, 0.5) is 0 Å². The van der Waals surface area contributed by atoms with Gasteiger partial charge in [0.2, 0.25) is 5.43 Å². The van der Waals surface area contributed by atoms with Crippen LogP contribution in [0.1, 0.15) is 18.4 Å². The number of quaternary nitrogens is 1. The second kappa shape index (κ2) is 6.70. The normalized spacial score (nSPS) is 17.9. The molecule has 1 saturated heterocycles. The molecule has 0 bridgehead atoms. The van der Waals surface area contributed by atoms with Crippen molar-refractivity contribution in [3.05, 3.63) is 44.2 Å². The Morgan fingerprint density at radius 2 is 2.26 bits per heavy atom. The van der Waals surface area contributed by atoms with Gasteiger partial charge in [0.25, 0.3) is 5.91 Å². The Hall–Kier alpha value is -1.89. The van der Waals surface area contributed by atoms with Crippen LogP contribution in [-0.2, 0) is 4.79 Å². The highest BCUT2D eigenvalue weighted by Gasteiger charge is 2.25. The van der Waals surface area contributed by atoms with Gasteiger partial charge in [0, 0.05) is 17.9 Å². The number of benzene rings is 1. The molecular weight excluding hydrogens is 341 g/mol. The number of nitrogens with zero attached hydrogens (tertiary/aromatic N) is 1. The minimum Gasteiger partial charge on any atom is -0.462 e. The maximum Gasteiger partial charge on any atom is 0.298 e. The topological polar surface area (TPSA) is 88.3 Å². The molecule has 2 heterocycles. The summed E-state index contributed by atoms with van der Waals surface area (Å²) in [6.45, 7) is 0.942. The van der Waals surface area contributed by atoms with E-state index in [9.17, 15) is 9.59 Å². The van der Waals surface area contributed by atoms with E-state index >= 15 is 0 Å². The number of amides is 1. The van der Waals surface area contributed by atoms with Crippen molar-refractivity contribution in [2.45, 2.75) is 18.9 Å². The molecule has 0 spiro atoms. The van der Waals surface area contributed by atoms with Gasteiger partial charge in [-0.1, -0.05) is 23.2 Å². The monoisotopic (exact) mass is 354 g/mol. The van der Waals surface area contributed by atoms with E-state index < -0.39 is 0 Å². The molecule has 1 aromatic carbocycles. The lowest BCUT2D eigenvalue weighted by Crippen LogP contribution is -2.89. The summed E-state index contributed by atoms with van der Waals surface area (Å²) in [6, 6.07) is 2.87. The third kappa shape index (κ3) is 3.39. The molecule has 1 aliphatic rings.